The van der Waals surface area contributed by atoms with Gasteiger partial charge < -0.3 is 4.79 Å². The highest BCUT2D eigenvalue weighted by molar-refractivity contribution is 7.91. The molecule has 3 rings (SSSR count). The number of aldehydes is 1. The van der Waals surface area contributed by atoms with E-state index >= 15 is 0 Å². The molecule has 0 N–H and O–H groups in total. The minimum atomic E-state index is -3.47. The Balaban J connectivity index is 1.64. The van der Waals surface area contributed by atoms with Crippen LogP contribution < -0.4 is 0 Å². The molecule has 0 bridgehead atoms. The smallest absolute Gasteiger partial charge is 0.178 e. The summed E-state index contributed by atoms with van der Waals surface area (Å²) in [5.74, 6) is -0.820. The molecular formula is C20H21F2NO3S. The second-order valence-corrected chi connectivity index (χ2v) is 8.90. The lowest BCUT2D eigenvalue weighted by atomic mass is 9.93. The second kappa shape index (κ2) is 8.27. The number of halogens is 2. The Morgan fingerprint density at radius 2 is 1.56 bits per heavy atom. The zero-order valence-electron chi connectivity index (χ0n) is 14.7. The first kappa shape index (κ1) is 19.6. The lowest BCUT2D eigenvalue weighted by Gasteiger charge is -2.44. The molecule has 0 aromatic heterocycles. The van der Waals surface area contributed by atoms with Crippen LogP contribution in [-0.2, 0) is 14.6 Å². The summed E-state index contributed by atoms with van der Waals surface area (Å²) in [4.78, 5) is 13.0. The number of likely N-dealkylation sites (tertiary alicyclic amines) is 1. The van der Waals surface area contributed by atoms with Crippen molar-refractivity contribution < 1.29 is 22.0 Å². The second-order valence-electron chi connectivity index (χ2n) is 6.87. The number of benzene rings is 2. The lowest BCUT2D eigenvalue weighted by molar-refractivity contribution is -0.108. The Morgan fingerprint density at radius 3 is 2.11 bits per heavy atom. The van der Waals surface area contributed by atoms with Crippen LogP contribution in [0.1, 0.15) is 24.4 Å². The van der Waals surface area contributed by atoms with Crippen molar-refractivity contribution in [3.63, 3.8) is 0 Å². The fourth-order valence-corrected chi connectivity index (χ4v) is 5.06. The van der Waals surface area contributed by atoms with Gasteiger partial charge in [-0.3, -0.25) is 4.90 Å². The molecule has 1 unspecified atom stereocenters. The highest BCUT2D eigenvalue weighted by atomic mass is 32.2. The molecule has 1 atom stereocenters. The van der Waals surface area contributed by atoms with Crippen LogP contribution in [0.3, 0.4) is 0 Å². The topological polar surface area (TPSA) is 54.5 Å². The van der Waals surface area contributed by atoms with Crippen LogP contribution in [0.15, 0.2) is 53.4 Å². The lowest BCUT2D eigenvalue weighted by Crippen LogP contribution is -2.51. The van der Waals surface area contributed by atoms with Crippen molar-refractivity contribution in [3.05, 3.63) is 65.7 Å². The maximum Gasteiger partial charge on any atom is 0.178 e. The van der Waals surface area contributed by atoms with Gasteiger partial charge in [0.25, 0.3) is 0 Å². The molecule has 7 heteroatoms. The molecule has 0 radical (unpaired) electrons. The predicted molar refractivity (Wildman–Crippen MR) is 98.0 cm³/mol. The van der Waals surface area contributed by atoms with E-state index in [1.807, 2.05) is 0 Å². The molecule has 144 valence electrons. The molecule has 1 aliphatic heterocycles. The fourth-order valence-electron chi connectivity index (χ4n) is 3.49. The van der Waals surface area contributed by atoms with Gasteiger partial charge in [-0.15, -0.1) is 0 Å². The van der Waals surface area contributed by atoms with Crippen LogP contribution in [-0.4, -0.2) is 38.4 Å². The van der Waals surface area contributed by atoms with E-state index in [2.05, 4.69) is 4.90 Å². The number of rotatable bonds is 8. The third-order valence-electron chi connectivity index (χ3n) is 4.87. The van der Waals surface area contributed by atoms with Crippen molar-refractivity contribution in [3.8, 4) is 0 Å². The van der Waals surface area contributed by atoms with Gasteiger partial charge in [-0.25, -0.2) is 17.2 Å². The molecular weight excluding hydrogens is 372 g/mol. The number of nitrogens with zero attached hydrogens (tertiary/aromatic N) is 1. The van der Waals surface area contributed by atoms with Gasteiger partial charge in [0.05, 0.1) is 10.6 Å². The van der Waals surface area contributed by atoms with E-state index in [0.717, 1.165) is 24.0 Å². The first-order chi connectivity index (χ1) is 12.9. The zero-order valence-corrected chi connectivity index (χ0v) is 15.5. The molecule has 0 amide bonds. The van der Waals surface area contributed by atoms with Crippen molar-refractivity contribution in [1.82, 2.24) is 4.90 Å². The normalized spacial score (nSPS) is 16.7. The predicted octanol–water partition coefficient (Wildman–Crippen LogP) is 3.39. The number of carbonyl (C=O) groups excluding carboxylic acids is 1. The van der Waals surface area contributed by atoms with Crippen LogP contribution in [0.25, 0.3) is 0 Å². The largest absolute Gasteiger partial charge is 0.303 e. The number of carbonyl (C=O) groups is 1. The average Bonchev–Trinajstić information content (AvgIpc) is 2.61. The molecule has 2 aromatic carbocycles. The van der Waals surface area contributed by atoms with Gasteiger partial charge in [-0.2, -0.15) is 0 Å². The molecule has 1 fully saturated rings. The third kappa shape index (κ3) is 4.78. The van der Waals surface area contributed by atoms with Crippen LogP contribution in [0.4, 0.5) is 8.78 Å². The maximum atomic E-state index is 13.2. The minimum Gasteiger partial charge on any atom is -0.303 e. The van der Waals surface area contributed by atoms with Gasteiger partial charge in [0.15, 0.2) is 9.84 Å². The van der Waals surface area contributed by atoms with Gasteiger partial charge >= 0.3 is 0 Å². The molecule has 27 heavy (non-hydrogen) atoms. The Hall–Kier alpha value is -2.12. The highest BCUT2D eigenvalue weighted by Gasteiger charge is 2.35. The molecule has 0 saturated carbocycles. The molecule has 0 spiro atoms. The standard InChI is InChI=1S/C20H21F2NO3S/c21-17-5-3-16(4-6-17)20(2-1-11-24)23-12-15(13-23)14-27(25,26)19-9-7-18(22)8-10-19/h3-11,15,20H,1-2,12-14H2. The molecule has 1 saturated heterocycles. The van der Waals surface area contributed by atoms with E-state index in [4.69, 9.17) is 0 Å². The van der Waals surface area contributed by atoms with Crippen LogP contribution in [0, 0.1) is 17.6 Å². The van der Waals surface area contributed by atoms with Gasteiger partial charge in [0, 0.05) is 25.6 Å². The van der Waals surface area contributed by atoms with Crippen molar-refractivity contribution >= 4 is 16.1 Å². The summed E-state index contributed by atoms with van der Waals surface area (Å²) in [6.07, 6.45) is 1.84. The van der Waals surface area contributed by atoms with E-state index < -0.39 is 15.7 Å². The van der Waals surface area contributed by atoms with Crippen molar-refractivity contribution in [2.75, 3.05) is 18.8 Å². The summed E-state index contributed by atoms with van der Waals surface area (Å²) < 4.78 is 51.1. The summed E-state index contributed by atoms with van der Waals surface area (Å²) in [7, 11) is -3.47. The maximum absolute atomic E-state index is 13.2. The first-order valence-corrected chi connectivity index (χ1v) is 10.5. The molecule has 1 aliphatic rings. The summed E-state index contributed by atoms with van der Waals surface area (Å²) in [6.45, 7) is 1.17. The van der Waals surface area contributed by atoms with Gasteiger partial charge in [0.1, 0.15) is 17.9 Å². The van der Waals surface area contributed by atoms with Gasteiger partial charge in [-0.1, -0.05) is 12.1 Å². The summed E-state index contributed by atoms with van der Waals surface area (Å²) in [5.41, 5.74) is 0.915. The number of hydrogen-bond acceptors (Lipinski definition) is 4. The minimum absolute atomic E-state index is 0.00104. The monoisotopic (exact) mass is 393 g/mol. The summed E-state index contributed by atoms with van der Waals surface area (Å²) in [5, 5.41) is 0. The summed E-state index contributed by atoms with van der Waals surface area (Å²) in [6, 6.07) is 11.0. The third-order valence-corrected chi connectivity index (χ3v) is 6.77. The Labute approximate surface area is 157 Å². The molecule has 2 aromatic rings. The average molecular weight is 393 g/mol. The SMILES string of the molecule is O=CCCC(c1ccc(F)cc1)N1CC(CS(=O)(=O)c2ccc(F)cc2)C1. The van der Waals surface area contributed by atoms with Crippen LogP contribution >= 0.6 is 0 Å². The van der Waals surface area contributed by atoms with Crippen molar-refractivity contribution in [1.29, 1.82) is 0 Å². The number of hydrogen-bond donors (Lipinski definition) is 0. The van der Waals surface area contributed by atoms with E-state index in [-0.39, 0.29) is 28.4 Å². The van der Waals surface area contributed by atoms with E-state index in [0.29, 0.717) is 25.9 Å². The number of sulfone groups is 1. The quantitative estimate of drug-likeness (QED) is 0.510. The van der Waals surface area contributed by atoms with Crippen molar-refractivity contribution in [2.45, 2.75) is 23.8 Å². The van der Waals surface area contributed by atoms with E-state index in [9.17, 15) is 22.0 Å². The molecule has 1 heterocycles. The van der Waals surface area contributed by atoms with Gasteiger partial charge in [-0.05, 0) is 54.3 Å². The Bertz CT molecular complexity index is 876. The summed E-state index contributed by atoms with van der Waals surface area (Å²) >= 11 is 0. The molecule has 4 nitrogen and oxygen atoms in total. The van der Waals surface area contributed by atoms with Crippen LogP contribution in [0.2, 0.25) is 0 Å². The zero-order chi connectivity index (χ0) is 19.4. The Morgan fingerprint density at radius 1 is 1.00 bits per heavy atom. The van der Waals surface area contributed by atoms with E-state index in [1.54, 1.807) is 12.1 Å². The molecule has 0 aliphatic carbocycles. The van der Waals surface area contributed by atoms with E-state index in [1.165, 1.54) is 24.3 Å². The highest BCUT2D eigenvalue weighted by Crippen LogP contribution is 2.33. The first-order valence-electron chi connectivity index (χ1n) is 8.80. The van der Waals surface area contributed by atoms with Crippen molar-refractivity contribution in [2.24, 2.45) is 5.92 Å². The Kier molecular flexibility index (Phi) is 6.01. The van der Waals surface area contributed by atoms with Gasteiger partial charge in [0.2, 0.25) is 0 Å². The van der Waals surface area contributed by atoms with Crippen LogP contribution in [0.5, 0.6) is 0 Å². The fraction of sp³-hybridized carbons (Fsp3) is 0.350.